The Kier molecular flexibility index (Phi) is 12.5. The molecule has 0 saturated heterocycles. The van der Waals surface area contributed by atoms with E-state index in [-0.39, 0.29) is 34.7 Å². The number of aliphatic carboxylic acids is 1. The van der Waals surface area contributed by atoms with E-state index in [0.29, 0.717) is 12.8 Å². The van der Waals surface area contributed by atoms with Crippen molar-refractivity contribution < 1.29 is 24.2 Å². The molecule has 0 aromatic heterocycles. The van der Waals surface area contributed by atoms with Gasteiger partial charge in [0.15, 0.2) is 8.32 Å². The molecule has 6 atom stereocenters. The number of hydrogen-bond donors (Lipinski definition) is 2. The number of rotatable bonds is 14. The van der Waals surface area contributed by atoms with Gasteiger partial charge in [0, 0.05) is 11.8 Å². The summed E-state index contributed by atoms with van der Waals surface area (Å²) in [7, 11) is -2.08. The summed E-state index contributed by atoms with van der Waals surface area (Å²) >= 11 is 0. The van der Waals surface area contributed by atoms with E-state index < -0.39 is 26.3 Å². The van der Waals surface area contributed by atoms with E-state index in [1.807, 2.05) is 40.7 Å². The summed E-state index contributed by atoms with van der Waals surface area (Å²) in [6.07, 6.45) is 2.41. The van der Waals surface area contributed by atoms with Crippen LogP contribution in [0.1, 0.15) is 81.6 Å². The van der Waals surface area contributed by atoms with Crippen molar-refractivity contribution in [3.05, 3.63) is 23.8 Å². The highest BCUT2D eigenvalue weighted by Gasteiger charge is 2.42. The summed E-state index contributed by atoms with van der Waals surface area (Å²) < 4.78 is 6.66. The van der Waals surface area contributed by atoms with Crippen LogP contribution in [0.5, 0.6) is 0 Å². The monoisotopic (exact) mass is 482 g/mol. The van der Waals surface area contributed by atoms with E-state index in [1.54, 1.807) is 6.92 Å². The number of carboxylic acids is 1. The van der Waals surface area contributed by atoms with Crippen LogP contribution in [0.4, 0.5) is 0 Å². The van der Waals surface area contributed by atoms with Crippen LogP contribution >= 0.6 is 0 Å². The zero-order valence-corrected chi connectivity index (χ0v) is 24.0. The molecule has 0 aliphatic carbocycles. The lowest BCUT2D eigenvalue weighted by Gasteiger charge is -2.41. The summed E-state index contributed by atoms with van der Waals surface area (Å²) in [6, 6.07) is 0. The fourth-order valence-electron chi connectivity index (χ4n) is 3.96. The smallest absolute Gasteiger partial charge is 0.309 e. The third-order valence-corrected chi connectivity index (χ3v) is 11.8. The Balaban J connectivity index is 5.51. The van der Waals surface area contributed by atoms with Gasteiger partial charge in [-0.25, -0.2) is 0 Å². The number of ketones is 1. The van der Waals surface area contributed by atoms with E-state index in [9.17, 15) is 19.8 Å². The van der Waals surface area contributed by atoms with Crippen molar-refractivity contribution in [2.75, 3.05) is 0 Å². The van der Waals surface area contributed by atoms with Gasteiger partial charge in [0.05, 0.1) is 18.1 Å². The van der Waals surface area contributed by atoms with Crippen LogP contribution < -0.4 is 0 Å². The molecule has 0 radical (unpaired) electrons. The first-order chi connectivity index (χ1) is 14.9. The molecular formula is C27H50O5Si. The van der Waals surface area contributed by atoms with E-state index >= 15 is 0 Å². The molecule has 5 nitrogen and oxygen atoms in total. The Labute approximate surface area is 203 Å². The maximum Gasteiger partial charge on any atom is 0.309 e. The molecule has 0 aromatic rings. The predicted molar refractivity (Wildman–Crippen MR) is 140 cm³/mol. The minimum Gasteiger partial charge on any atom is -0.481 e. The van der Waals surface area contributed by atoms with Crippen LogP contribution in [0.3, 0.4) is 0 Å². The minimum absolute atomic E-state index is 0.0351. The van der Waals surface area contributed by atoms with Crippen LogP contribution in [0, 0.1) is 23.7 Å². The lowest BCUT2D eigenvalue weighted by molar-refractivity contribution is -0.147. The van der Waals surface area contributed by atoms with Gasteiger partial charge in [0.2, 0.25) is 0 Å². The summed E-state index contributed by atoms with van der Waals surface area (Å²) in [4.78, 5) is 24.7. The number of aliphatic hydroxyl groups excluding tert-OH is 1. The lowest BCUT2D eigenvalue weighted by Crippen LogP contribution is -2.47. The lowest BCUT2D eigenvalue weighted by atomic mass is 9.84. The van der Waals surface area contributed by atoms with E-state index in [0.717, 1.165) is 17.6 Å². The molecule has 192 valence electrons. The molecular weight excluding hydrogens is 432 g/mol. The second kappa shape index (κ2) is 13.0. The Morgan fingerprint density at radius 1 is 1.12 bits per heavy atom. The highest BCUT2D eigenvalue weighted by atomic mass is 28.4. The van der Waals surface area contributed by atoms with Gasteiger partial charge in [0.1, 0.15) is 5.78 Å². The fraction of sp³-hybridized carbons (Fsp3) is 0.778. The van der Waals surface area contributed by atoms with Crippen molar-refractivity contribution in [3.8, 4) is 0 Å². The molecule has 0 spiro atoms. The van der Waals surface area contributed by atoms with Crippen LogP contribution in [0.25, 0.3) is 0 Å². The average Bonchev–Trinajstić information content (AvgIpc) is 2.69. The van der Waals surface area contributed by atoms with Crippen molar-refractivity contribution in [3.63, 3.8) is 0 Å². The van der Waals surface area contributed by atoms with E-state index in [2.05, 4.69) is 40.4 Å². The number of carboxylic acid groups (broad SMARTS) is 1. The largest absolute Gasteiger partial charge is 0.481 e. The first-order valence-corrected chi connectivity index (χ1v) is 15.3. The maximum atomic E-state index is 13.4. The minimum atomic E-state index is -2.08. The highest BCUT2D eigenvalue weighted by molar-refractivity contribution is 6.74. The first kappa shape index (κ1) is 31.8. The summed E-state index contributed by atoms with van der Waals surface area (Å²) in [5.41, 5.74) is 1.93. The molecule has 6 heteroatoms. The molecule has 0 unspecified atom stereocenters. The zero-order valence-electron chi connectivity index (χ0n) is 23.0. The highest BCUT2D eigenvalue weighted by Crippen LogP contribution is 2.39. The molecule has 33 heavy (non-hydrogen) atoms. The van der Waals surface area contributed by atoms with Gasteiger partial charge < -0.3 is 14.6 Å². The van der Waals surface area contributed by atoms with Crippen molar-refractivity contribution in [2.45, 2.75) is 112 Å². The maximum absolute atomic E-state index is 13.4. The second-order valence-corrected chi connectivity index (χ2v) is 16.1. The number of allylic oxidation sites excluding steroid dienone is 2. The normalized spacial score (nSPS) is 18.7. The van der Waals surface area contributed by atoms with E-state index in [1.165, 1.54) is 0 Å². The van der Waals surface area contributed by atoms with Crippen LogP contribution in [0.2, 0.25) is 18.1 Å². The molecule has 0 rings (SSSR count). The van der Waals surface area contributed by atoms with Gasteiger partial charge in [-0.2, -0.15) is 0 Å². The number of carbonyl (C=O) groups is 2. The topological polar surface area (TPSA) is 83.8 Å². The third-order valence-electron chi connectivity index (χ3n) is 7.37. The van der Waals surface area contributed by atoms with Gasteiger partial charge in [-0.1, -0.05) is 73.6 Å². The second-order valence-electron chi connectivity index (χ2n) is 11.3. The van der Waals surface area contributed by atoms with E-state index in [4.69, 9.17) is 4.43 Å². The molecule has 0 aliphatic heterocycles. The Hall–Kier alpha value is -1.24. The molecule has 0 heterocycles. The standard InChI is InChI=1S/C27H50O5Si/c1-13-18(4)25(32-33(11,12)27(8,9)10)21(7)23(28)19(5)15-17(3)16-20(6)24(29)22(14-2)26(30)31/h15,19-22,24-25,29H,4,13-14,16H2,1-3,5-12H3,(H,30,31)/b17-15+/t19-,20+,21-,22+,24+,25-/m1/s1. The zero-order chi connectivity index (χ0) is 26.3. The van der Waals surface area contributed by atoms with Gasteiger partial charge in [-0.3, -0.25) is 9.59 Å². The van der Waals surface area contributed by atoms with Crippen molar-refractivity contribution in [1.29, 1.82) is 0 Å². The van der Waals surface area contributed by atoms with Gasteiger partial charge >= 0.3 is 5.97 Å². The van der Waals surface area contributed by atoms with Crippen LogP contribution in [0.15, 0.2) is 23.8 Å². The van der Waals surface area contributed by atoms with Crippen molar-refractivity contribution in [1.82, 2.24) is 0 Å². The van der Waals surface area contributed by atoms with Gasteiger partial charge in [0.25, 0.3) is 0 Å². The number of carbonyl (C=O) groups excluding carboxylic acids is 1. The molecule has 0 bridgehead atoms. The van der Waals surface area contributed by atoms with Crippen molar-refractivity contribution >= 4 is 20.1 Å². The molecule has 0 amide bonds. The summed E-state index contributed by atoms with van der Waals surface area (Å²) in [6.45, 7) is 26.6. The number of aliphatic hydroxyl groups is 1. The van der Waals surface area contributed by atoms with Gasteiger partial charge in [-0.05, 0) is 55.8 Å². The average molecular weight is 483 g/mol. The fourth-order valence-corrected chi connectivity index (χ4v) is 5.32. The molecule has 0 saturated carbocycles. The molecule has 2 N–H and O–H groups in total. The molecule has 0 fully saturated rings. The number of hydrogen-bond acceptors (Lipinski definition) is 4. The number of Topliss-reactive ketones (excluding diaryl/α,β-unsaturated/α-hetero) is 1. The Morgan fingerprint density at radius 3 is 2.03 bits per heavy atom. The SMILES string of the molecule is C=C(CC)[C@@H](O[Si](C)(C)C(C)(C)C)[C@H](C)C(=O)[C@H](C)/C=C(\C)C[C@H](C)[C@H](O)[C@H](CC)C(=O)O. The molecule has 0 aromatic carbocycles. The van der Waals surface area contributed by atoms with Crippen LogP contribution in [-0.2, 0) is 14.0 Å². The Bertz CT molecular complexity index is 704. The summed E-state index contributed by atoms with van der Waals surface area (Å²) in [5.74, 6) is -2.47. The first-order valence-electron chi connectivity index (χ1n) is 12.4. The third kappa shape index (κ3) is 9.14. The summed E-state index contributed by atoms with van der Waals surface area (Å²) in [5, 5.41) is 19.8. The predicted octanol–water partition coefficient (Wildman–Crippen LogP) is 6.63. The Morgan fingerprint density at radius 2 is 1.64 bits per heavy atom. The van der Waals surface area contributed by atoms with Gasteiger partial charge in [-0.15, -0.1) is 0 Å². The quantitative estimate of drug-likeness (QED) is 0.214. The van der Waals surface area contributed by atoms with Crippen molar-refractivity contribution in [2.24, 2.45) is 23.7 Å². The van der Waals surface area contributed by atoms with Crippen LogP contribution in [-0.4, -0.2) is 42.5 Å². The molecule has 0 aliphatic rings.